The first-order valence-corrected chi connectivity index (χ1v) is 10.5. The van der Waals surface area contributed by atoms with Crippen molar-refractivity contribution in [2.45, 2.75) is 89.6 Å². The van der Waals surface area contributed by atoms with Gasteiger partial charge in [-0.25, -0.2) is 0 Å². The summed E-state index contributed by atoms with van der Waals surface area (Å²) in [5, 5.41) is 0. The normalized spacial score (nSPS) is 17.1. The predicted molar refractivity (Wildman–Crippen MR) is 88.8 cm³/mol. The smallest absolute Gasteiger partial charge is 0.200 e. The minimum atomic E-state index is -9.91. The number of thiol groups is 1. The molecule has 0 saturated carbocycles. The van der Waals surface area contributed by atoms with Crippen LogP contribution in [-0.2, 0) is 0 Å². The SMILES string of the molecule is FC(F)(F)C(F)(F)C(F)(F)C(F)(F)C(F)(F)C(F)(F)C(F)(F)C(F)(F)C(F)(F)C(F)(F)C(F)(F)C(F)(F)C(F)(F)C(F)(F)CCS. The molecule has 0 aliphatic carbocycles. The third kappa shape index (κ3) is 5.08. The van der Waals surface area contributed by atoms with E-state index in [9.17, 15) is 127 Å². The lowest BCUT2D eigenvalue weighted by Gasteiger charge is -2.46. The van der Waals surface area contributed by atoms with Crippen molar-refractivity contribution >= 4 is 12.6 Å². The van der Waals surface area contributed by atoms with Crippen LogP contribution in [0.3, 0.4) is 0 Å². The molecule has 0 aromatic heterocycles. The predicted octanol–water partition coefficient (Wildman–Crippen LogP) is 10.1. The van der Waals surface area contributed by atoms with Gasteiger partial charge in [0.25, 0.3) is 0 Å². The van der Waals surface area contributed by atoms with Crippen molar-refractivity contribution < 1.29 is 127 Å². The molecule has 0 spiro atoms. The first-order valence-electron chi connectivity index (χ1n) is 9.90. The molecule has 0 N–H and O–H groups in total. The fourth-order valence-electron chi connectivity index (χ4n) is 2.68. The second-order valence-corrected chi connectivity index (χ2v) is 9.02. The van der Waals surface area contributed by atoms with Gasteiger partial charge in [-0.3, -0.25) is 0 Å². The average molecular weight is 780 g/mol. The van der Waals surface area contributed by atoms with Gasteiger partial charge in [-0.05, 0) is 5.75 Å². The molecule has 0 fully saturated rings. The van der Waals surface area contributed by atoms with Gasteiger partial charge in [0.1, 0.15) is 0 Å². The van der Waals surface area contributed by atoms with Crippen LogP contribution in [0.2, 0.25) is 0 Å². The number of halogens is 29. The highest BCUT2D eigenvalue weighted by atomic mass is 32.1. The summed E-state index contributed by atoms with van der Waals surface area (Å²) >= 11 is 2.68. The van der Waals surface area contributed by atoms with Gasteiger partial charge in [0.15, 0.2) is 0 Å². The van der Waals surface area contributed by atoms with Crippen molar-refractivity contribution in [2.75, 3.05) is 5.75 Å². The van der Waals surface area contributed by atoms with Gasteiger partial charge in [0.2, 0.25) is 0 Å². The summed E-state index contributed by atoms with van der Waals surface area (Å²) in [5.41, 5.74) is 0. The number of hydrogen-bond donors (Lipinski definition) is 1. The highest BCUT2D eigenvalue weighted by Crippen LogP contribution is 2.69. The average Bonchev–Trinajstić information content (AvgIpc) is 2.81. The summed E-state index contributed by atoms with van der Waals surface area (Å²) in [6.45, 7) is 0. The van der Waals surface area contributed by atoms with Crippen LogP contribution in [0.1, 0.15) is 6.42 Å². The molecule has 0 aliphatic heterocycles. The van der Waals surface area contributed by atoms with E-state index >= 15 is 0 Å². The maximum atomic E-state index is 13.7. The van der Waals surface area contributed by atoms with Gasteiger partial charge in [0.05, 0.1) is 0 Å². The zero-order valence-corrected chi connectivity index (χ0v) is 20.7. The fraction of sp³-hybridized carbons (Fsp3) is 1.00. The third-order valence-corrected chi connectivity index (χ3v) is 5.80. The van der Waals surface area contributed by atoms with Crippen LogP contribution in [0.15, 0.2) is 0 Å². The Labute approximate surface area is 236 Å². The van der Waals surface area contributed by atoms with Crippen molar-refractivity contribution in [1.82, 2.24) is 0 Å². The molecule has 0 unspecified atom stereocenters. The largest absolute Gasteiger partial charge is 0.460 e. The monoisotopic (exact) mass is 780 g/mol. The Bertz CT molecular complexity index is 1090. The summed E-state index contributed by atoms with van der Waals surface area (Å²) < 4.78 is 386. The fourth-order valence-corrected chi connectivity index (χ4v) is 2.96. The quantitative estimate of drug-likeness (QED) is 0.132. The Morgan fingerprint density at radius 2 is 0.391 bits per heavy atom. The van der Waals surface area contributed by atoms with E-state index < -0.39 is 95.3 Å². The van der Waals surface area contributed by atoms with Crippen LogP contribution in [0.4, 0.5) is 127 Å². The molecule has 0 radical (unpaired) electrons. The summed E-state index contributed by atoms with van der Waals surface area (Å²) in [6.07, 6.45) is -11.2. The lowest BCUT2D eigenvalue weighted by molar-refractivity contribution is -0.487. The van der Waals surface area contributed by atoms with Crippen LogP contribution in [-0.4, -0.2) is 88.9 Å². The maximum absolute atomic E-state index is 13.7. The van der Waals surface area contributed by atoms with Gasteiger partial charge in [-0.15, -0.1) is 0 Å². The van der Waals surface area contributed by atoms with Crippen LogP contribution >= 0.6 is 12.6 Å². The molecule has 278 valence electrons. The zero-order chi connectivity index (χ0) is 38.4. The van der Waals surface area contributed by atoms with E-state index in [0.29, 0.717) is 0 Å². The van der Waals surface area contributed by atoms with E-state index in [1.54, 1.807) is 0 Å². The van der Waals surface area contributed by atoms with E-state index in [4.69, 9.17) is 0 Å². The highest BCUT2D eigenvalue weighted by molar-refractivity contribution is 7.80. The van der Waals surface area contributed by atoms with Gasteiger partial charge in [0, 0.05) is 6.42 Å². The standard InChI is InChI=1S/C16H5F29S/c17-3(18,1-2-46)4(19,20)5(21,22)6(23,24)7(25,26)8(27,28)9(29,30)10(31,32)11(33,34)12(35,36)13(37,38)14(39,40)15(41,42)16(43,44)45/h46H,1-2H2. The molecule has 0 aliphatic rings. The van der Waals surface area contributed by atoms with Crippen LogP contribution in [0, 0.1) is 0 Å². The van der Waals surface area contributed by atoms with E-state index in [1.807, 2.05) is 0 Å². The van der Waals surface area contributed by atoms with Crippen molar-refractivity contribution in [3.05, 3.63) is 0 Å². The van der Waals surface area contributed by atoms with Crippen molar-refractivity contribution in [2.24, 2.45) is 0 Å². The first-order chi connectivity index (χ1) is 19.3. The zero-order valence-electron chi connectivity index (χ0n) is 19.8. The molecule has 0 heterocycles. The van der Waals surface area contributed by atoms with Gasteiger partial charge in [-0.2, -0.15) is 140 Å². The minimum Gasteiger partial charge on any atom is -0.200 e. The van der Waals surface area contributed by atoms with Crippen molar-refractivity contribution in [3.8, 4) is 0 Å². The Morgan fingerprint density at radius 3 is 0.543 bits per heavy atom. The molecule has 0 aromatic carbocycles. The molecule has 0 amide bonds. The van der Waals surface area contributed by atoms with Crippen LogP contribution in [0.25, 0.3) is 0 Å². The Hall–Kier alpha value is -1.68. The number of alkyl halides is 29. The summed E-state index contributed by atoms with van der Waals surface area (Å²) in [5.74, 6) is -122. The topological polar surface area (TPSA) is 0 Å². The Balaban J connectivity index is 7.53. The van der Waals surface area contributed by atoms with Gasteiger partial charge < -0.3 is 0 Å². The van der Waals surface area contributed by atoms with Crippen molar-refractivity contribution in [1.29, 1.82) is 0 Å². The second kappa shape index (κ2) is 10.9. The molecule has 0 atom stereocenters. The summed E-state index contributed by atoms with van der Waals surface area (Å²) in [7, 11) is 0. The van der Waals surface area contributed by atoms with E-state index in [2.05, 4.69) is 12.6 Å². The van der Waals surface area contributed by atoms with E-state index in [0.717, 1.165) is 0 Å². The van der Waals surface area contributed by atoms with Crippen LogP contribution < -0.4 is 0 Å². The summed E-state index contributed by atoms with van der Waals surface area (Å²) in [4.78, 5) is 0. The number of hydrogen-bond acceptors (Lipinski definition) is 1. The molecular weight excluding hydrogens is 775 g/mol. The molecule has 0 nitrogen and oxygen atoms in total. The third-order valence-electron chi connectivity index (χ3n) is 5.58. The Kier molecular flexibility index (Phi) is 10.5. The minimum absolute atomic E-state index is 1.82. The maximum Gasteiger partial charge on any atom is 0.460 e. The second-order valence-electron chi connectivity index (χ2n) is 8.57. The van der Waals surface area contributed by atoms with E-state index in [1.165, 1.54) is 0 Å². The van der Waals surface area contributed by atoms with Gasteiger partial charge >= 0.3 is 83.2 Å². The lowest BCUT2D eigenvalue weighted by atomic mass is 9.83. The lowest BCUT2D eigenvalue weighted by Crippen LogP contribution is -2.79. The Morgan fingerprint density at radius 1 is 0.239 bits per heavy atom. The molecule has 0 bridgehead atoms. The van der Waals surface area contributed by atoms with Crippen molar-refractivity contribution in [3.63, 3.8) is 0 Å². The molecule has 0 aromatic rings. The molecular formula is C16H5F29S. The molecule has 46 heavy (non-hydrogen) atoms. The van der Waals surface area contributed by atoms with E-state index in [-0.39, 0.29) is 0 Å². The van der Waals surface area contributed by atoms with Crippen LogP contribution in [0.5, 0.6) is 0 Å². The first kappa shape index (κ1) is 44.3. The summed E-state index contributed by atoms with van der Waals surface area (Å²) in [6, 6.07) is 0. The molecule has 0 saturated heterocycles. The highest BCUT2D eigenvalue weighted by Gasteiger charge is 3.00. The number of rotatable bonds is 14. The van der Waals surface area contributed by atoms with Gasteiger partial charge in [-0.1, -0.05) is 0 Å². The molecule has 30 heteroatoms. The molecule has 0 rings (SSSR count).